The number of aromatic nitrogens is 2. The van der Waals surface area contributed by atoms with Crippen LogP contribution in [0.1, 0.15) is 5.56 Å². The third-order valence-electron chi connectivity index (χ3n) is 3.03. The van der Waals surface area contributed by atoms with Crippen LogP contribution in [0.15, 0.2) is 45.1 Å². The highest BCUT2D eigenvalue weighted by atomic mass is 32.2. The maximum absolute atomic E-state index is 13.9. The van der Waals surface area contributed by atoms with Crippen LogP contribution in [0, 0.1) is 12.7 Å². The van der Waals surface area contributed by atoms with E-state index < -0.39 is 21.5 Å². The smallest absolute Gasteiger partial charge is 0.278 e. The highest BCUT2D eigenvalue weighted by molar-refractivity contribution is 7.90. The van der Waals surface area contributed by atoms with Gasteiger partial charge in [-0.3, -0.25) is 9.56 Å². The summed E-state index contributed by atoms with van der Waals surface area (Å²) in [6.07, 6.45) is 0.639. The Hall–Kier alpha value is -2.22. The number of rotatable bonds is 2. The first kappa shape index (κ1) is 15.2. The highest BCUT2D eigenvalue weighted by Crippen LogP contribution is 2.12. The monoisotopic (exact) mass is 311 g/mol. The van der Waals surface area contributed by atoms with Crippen LogP contribution in [-0.2, 0) is 17.1 Å². The molecule has 0 fully saturated rings. The predicted octanol–water partition coefficient (Wildman–Crippen LogP) is 0.402. The maximum Gasteiger partial charge on any atom is 0.343 e. The number of hydrogen-bond acceptors (Lipinski definition) is 4. The lowest BCUT2D eigenvalue weighted by Crippen LogP contribution is -2.42. The van der Waals surface area contributed by atoms with Crippen LogP contribution in [-0.4, -0.2) is 24.0 Å². The van der Waals surface area contributed by atoms with Crippen molar-refractivity contribution in [3.05, 3.63) is 57.8 Å². The van der Waals surface area contributed by atoms with E-state index in [4.69, 9.17) is 0 Å². The van der Waals surface area contributed by atoms with E-state index >= 15 is 0 Å². The van der Waals surface area contributed by atoms with Crippen LogP contribution < -0.4 is 11.2 Å². The molecule has 0 unspecified atom stereocenters. The molecule has 1 heterocycles. The molecule has 0 saturated heterocycles. The van der Waals surface area contributed by atoms with Crippen molar-refractivity contribution in [3.8, 4) is 0 Å². The minimum atomic E-state index is -4.15. The fraction of sp³-hybridized carbons (Fsp3) is 0.231. The van der Waals surface area contributed by atoms with Gasteiger partial charge in [0.1, 0.15) is 0 Å². The number of halogens is 1. The summed E-state index contributed by atoms with van der Waals surface area (Å²) in [4.78, 5) is 15.6. The average Bonchev–Trinajstić information content (AvgIpc) is 2.43. The topological polar surface area (TPSA) is 73.4 Å². The summed E-state index contributed by atoms with van der Waals surface area (Å²) in [6, 6.07) is 5.94. The Kier molecular flexibility index (Phi) is 3.82. The Bertz CT molecular complexity index is 909. The summed E-state index contributed by atoms with van der Waals surface area (Å²) in [7, 11) is -1.58. The molecular formula is C13H14FN3O3S. The Morgan fingerprint density at radius 1 is 1.19 bits per heavy atom. The molecule has 0 bridgehead atoms. The van der Waals surface area contributed by atoms with Gasteiger partial charge >= 0.3 is 5.69 Å². The van der Waals surface area contributed by atoms with E-state index in [0.717, 1.165) is 10.1 Å². The second-order valence-corrected chi connectivity index (χ2v) is 6.29. The third-order valence-corrected chi connectivity index (χ3v) is 4.67. The number of hydrogen-bond donors (Lipinski definition) is 0. The summed E-state index contributed by atoms with van der Waals surface area (Å²) in [5.74, 6) is -0.893. The van der Waals surface area contributed by atoms with Crippen LogP contribution >= 0.6 is 0 Å². The van der Waals surface area contributed by atoms with Gasteiger partial charge in [-0.2, -0.15) is 3.97 Å². The van der Waals surface area contributed by atoms with Crippen molar-refractivity contribution in [1.29, 1.82) is 0 Å². The van der Waals surface area contributed by atoms with Crippen LogP contribution in [0.5, 0.6) is 0 Å². The van der Waals surface area contributed by atoms with Crippen LogP contribution in [0.25, 0.3) is 0 Å². The van der Waals surface area contributed by atoms with Gasteiger partial charge in [0.2, 0.25) is 0 Å². The molecule has 0 aliphatic rings. The molecule has 0 amide bonds. The quantitative estimate of drug-likeness (QED) is 0.806. The molecule has 0 N–H and O–H groups in total. The first-order valence-electron chi connectivity index (χ1n) is 6.02. The van der Waals surface area contributed by atoms with Crippen LogP contribution in [0.4, 0.5) is 4.39 Å². The highest BCUT2D eigenvalue weighted by Gasteiger charge is 2.21. The summed E-state index contributed by atoms with van der Waals surface area (Å²) in [5, 5.41) is 0. The Balaban J connectivity index is 2.78. The SMILES string of the molecule is CN=c1c(F)cn(S(=O)(=O)c2ccc(C)cc2)c(=O)n1C. The number of aryl methyl sites for hydroxylation is 1. The molecule has 112 valence electrons. The van der Waals surface area contributed by atoms with Gasteiger partial charge < -0.3 is 0 Å². The number of benzene rings is 1. The minimum Gasteiger partial charge on any atom is -0.278 e. The molecule has 0 spiro atoms. The normalized spacial score (nSPS) is 12.7. The van der Waals surface area contributed by atoms with Crippen molar-refractivity contribution in [3.63, 3.8) is 0 Å². The molecule has 6 nitrogen and oxygen atoms in total. The Labute approximate surface area is 120 Å². The molecule has 0 radical (unpaired) electrons. The van der Waals surface area contributed by atoms with E-state index in [-0.39, 0.29) is 10.4 Å². The summed E-state index contributed by atoms with van der Waals surface area (Å²) < 4.78 is 39.9. The van der Waals surface area contributed by atoms with Crippen LogP contribution in [0.2, 0.25) is 0 Å². The second-order valence-electron chi connectivity index (χ2n) is 4.48. The molecular weight excluding hydrogens is 297 g/mol. The molecule has 0 aliphatic carbocycles. The Morgan fingerprint density at radius 3 is 2.29 bits per heavy atom. The van der Waals surface area contributed by atoms with Gasteiger partial charge in [0, 0.05) is 14.1 Å². The van der Waals surface area contributed by atoms with Gasteiger partial charge in [-0.25, -0.2) is 17.6 Å². The van der Waals surface area contributed by atoms with Gasteiger partial charge in [0.05, 0.1) is 11.1 Å². The van der Waals surface area contributed by atoms with E-state index in [1.54, 1.807) is 19.1 Å². The van der Waals surface area contributed by atoms with Crippen molar-refractivity contribution in [1.82, 2.24) is 8.54 Å². The van der Waals surface area contributed by atoms with E-state index in [9.17, 15) is 17.6 Å². The fourth-order valence-electron chi connectivity index (χ4n) is 1.87. The lowest BCUT2D eigenvalue weighted by molar-refractivity contribution is 0.537. The zero-order chi connectivity index (χ0) is 15.8. The zero-order valence-electron chi connectivity index (χ0n) is 11.7. The third kappa shape index (κ3) is 2.54. The lowest BCUT2D eigenvalue weighted by Gasteiger charge is -2.10. The summed E-state index contributed by atoms with van der Waals surface area (Å²) in [6.45, 7) is 1.81. The van der Waals surface area contributed by atoms with Crippen molar-refractivity contribution in [2.75, 3.05) is 7.05 Å². The summed E-state index contributed by atoms with van der Waals surface area (Å²) >= 11 is 0. The lowest BCUT2D eigenvalue weighted by atomic mass is 10.2. The zero-order valence-corrected chi connectivity index (χ0v) is 12.6. The second kappa shape index (κ2) is 5.28. The molecule has 1 aromatic heterocycles. The molecule has 0 aliphatic heterocycles. The molecule has 8 heteroatoms. The largest absolute Gasteiger partial charge is 0.343 e. The molecule has 1 aromatic carbocycles. The predicted molar refractivity (Wildman–Crippen MR) is 74.9 cm³/mol. The molecule has 0 atom stereocenters. The van der Waals surface area contributed by atoms with Gasteiger partial charge in [-0.05, 0) is 19.1 Å². The molecule has 2 aromatic rings. The average molecular weight is 311 g/mol. The van der Waals surface area contributed by atoms with Crippen molar-refractivity contribution in [2.24, 2.45) is 12.0 Å². The van der Waals surface area contributed by atoms with E-state index in [1.807, 2.05) is 0 Å². The van der Waals surface area contributed by atoms with E-state index in [2.05, 4.69) is 4.99 Å². The van der Waals surface area contributed by atoms with E-state index in [0.29, 0.717) is 10.2 Å². The molecule has 2 rings (SSSR count). The Morgan fingerprint density at radius 2 is 1.76 bits per heavy atom. The van der Waals surface area contributed by atoms with Crippen molar-refractivity contribution < 1.29 is 12.8 Å². The first-order valence-corrected chi connectivity index (χ1v) is 7.46. The van der Waals surface area contributed by atoms with Gasteiger partial charge in [0.25, 0.3) is 10.0 Å². The van der Waals surface area contributed by atoms with Gasteiger partial charge in [-0.15, -0.1) is 0 Å². The van der Waals surface area contributed by atoms with Crippen LogP contribution in [0.3, 0.4) is 0 Å². The van der Waals surface area contributed by atoms with Crippen molar-refractivity contribution >= 4 is 10.0 Å². The molecule has 0 saturated carbocycles. The van der Waals surface area contributed by atoms with Gasteiger partial charge in [-0.1, -0.05) is 17.7 Å². The van der Waals surface area contributed by atoms with Gasteiger partial charge in [0.15, 0.2) is 11.3 Å². The van der Waals surface area contributed by atoms with E-state index in [1.165, 1.54) is 26.2 Å². The standard InChI is InChI=1S/C13H14FN3O3S/c1-9-4-6-10(7-5-9)21(19,20)17-8-11(14)12(15-2)16(3)13(17)18/h4-8H,1-3H3. The maximum atomic E-state index is 13.9. The molecule has 21 heavy (non-hydrogen) atoms. The minimum absolute atomic E-state index is 0.0872. The number of nitrogens with zero attached hydrogens (tertiary/aromatic N) is 3. The summed E-state index contributed by atoms with van der Waals surface area (Å²) in [5.41, 5.74) is -0.230. The first-order chi connectivity index (χ1) is 9.78. The van der Waals surface area contributed by atoms with Crippen molar-refractivity contribution in [2.45, 2.75) is 11.8 Å². The fourth-order valence-corrected chi connectivity index (χ4v) is 3.13.